The molecule has 1 aromatic heterocycles. The first-order valence-electron chi connectivity index (χ1n) is 5.84. The van der Waals surface area contributed by atoms with Gasteiger partial charge in [-0.3, -0.25) is 4.79 Å². The van der Waals surface area contributed by atoms with Crippen molar-refractivity contribution in [3.8, 4) is 0 Å². The van der Waals surface area contributed by atoms with E-state index in [9.17, 15) is 13.2 Å². The van der Waals surface area contributed by atoms with Gasteiger partial charge in [0.05, 0.1) is 10.6 Å². The quantitative estimate of drug-likeness (QED) is 0.757. The molecule has 0 unspecified atom stereocenters. The molecule has 2 aromatic rings. The number of hydrogen-bond acceptors (Lipinski definition) is 5. The molecule has 7 nitrogen and oxygen atoms in total. The summed E-state index contributed by atoms with van der Waals surface area (Å²) in [6, 6.07) is 6.19. The molecule has 0 saturated heterocycles. The van der Waals surface area contributed by atoms with E-state index in [1.165, 1.54) is 12.1 Å². The van der Waals surface area contributed by atoms with Crippen molar-refractivity contribution in [1.29, 1.82) is 0 Å². The smallest absolute Gasteiger partial charge is 0.313 e. The van der Waals surface area contributed by atoms with Crippen LogP contribution in [-0.2, 0) is 21.4 Å². The van der Waals surface area contributed by atoms with Gasteiger partial charge >= 0.3 is 5.97 Å². The number of primary sulfonamides is 1. The van der Waals surface area contributed by atoms with Crippen LogP contribution in [0.15, 0.2) is 46.7 Å². The molecule has 0 spiro atoms. The highest BCUT2D eigenvalue weighted by molar-refractivity contribution is 7.99. The van der Waals surface area contributed by atoms with Crippen LogP contribution in [0.4, 0.5) is 0 Å². The molecular formula is C12H13N3O4S2. The molecule has 0 radical (unpaired) electrons. The molecule has 9 heteroatoms. The predicted octanol–water partition coefficient (Wildman–Crippen LogP) is 0.755. The summed E-state index contributed by atoms with van der Waals surface area (Å²) in [7, 11) is -3.70. The number of rotatable bonds is 6. The van der Waals surface area contributed by atoms with Gasteiger partial charge in [0, 0.05) is 18.9 Å². The van der Waals surface area contributed by atoms with E-state index in [4.69, 9.17) is 10.2 Å². The predicted molar refractivity (Wildman–Crippen MR) is 77.5 cm³/mol. The van der Waals surface area contributed by atoms with Gasteiger partial charge in [-0.2, -0.15) is 0 Å². The maximum absolute atomic E-state index is 11.2. The zero-order valence-corrected chi connectivity index (χ0v) is 12.5. The number of carboxylic acid groups (broad SMARTS) is 1. The van der Waals surface area contributed by atoms with Gasteiger partial charge in [0.15, 0.2) is 5.16 Å². The molecule has 0 atom stereocenters. The topological polar surface area (TPSA) is 115 Å². The maximum atomic E-state index is 11.2. The van der Waals surface area contributed by atoms with Crippen molar-refractivity contribution in [2.75, 3.05) is 5.75 Å². The van der Waals surface area contributed by atoms with E-state index in [0.29, 0.717) is 11.7 Å². The van der Waals surface area contributed by atoms with Gasteiger partial charge in [0.1, 0.15) is 0 Å². The maximum Gasteiger partial charge on any atom is 0.313 e. The van der Waals surface area contributed by atoms with E-state index in [-0.39, 0.29) is 10.6 Å². The lowest BCUT2D eigenvalue weighted by Crippen LogP contribution is -2.12. The second kappa shape index (κ2) is 6.29. The highest BCUT2D eigenvalue weighted by Crippen LogP contribution is 2.17. The molecule has 1 heterocycles. The Labute approximate surface area is 125 Å². The number of carboxylic acids is 1. The van der Waals surface area contributed by atoms with E-state index in [2.05, 4.69) is 4.98 Å². The Morgan fingerprint density at radius 1 is 1.33 bits per heavy atom. The summed E-state index contributed by atoms with van der Waals surface area (Å²) < 4.78 is 24.1. The third kappa shape index (κ3) is 4.31. The summed E-state index contributed by atoms with van der Waals surface area (Å²) in [4.78, 5) is 14.7. The molecule has 21 heavy (non-hydrogen) atoms. The normalized spacial score (nSPS) is 11.5. The van der Waals surface area contributed by atoms with Crippen molar-refractivity contribution in [2.24, 2.45) is 5.14 Å². The molecule has 112 valence electrons. The molecule has 0 bridgehead atoms. The Morgan fingerprint density at radius 2 is 2.00 bits per heavy atom. The fourth-order valence-electron chi connectivity index (χ4n) is 1.66. The molecule has 0 saturated carbocycles. The highest BCUT2D eigenvalue weighted by Gasteiger charge is 2.09. The average Bonchev–Trinajstić information content (AvgIpc) is 2.83. The van der Waals surface area contributed by atoms with E-state index in [1.807, 2.05) is 0 Å². The number of benzene rings is 1. The van der Waals surface area contributed by atoms with E-state index >= 15 is 0 Å². The number of nitrogens with two attached hydrogens (primary N) is 1. The number of hydrogen-bond donors (Lipinski definition) is 2. The van der Waals surface area contributed by atoms with E-state index in [1.54, 1.807) is 29.1 Å². The summed E-state index contributed by atoms with van der Waals surface area (Å²) >= 11 is 1.12. The van der Waals surface area contributed by atoms with Crippen molar-refractivity contribution in [3.63, 3.8) is 0 Å². The van der Waals surface area contributed by atoms with Gasteiger partial charge in [-0.15, -0.1) is 0 Å². The first-order chi connectivity index (χ1) is 9.86. The minimum Gasteiger partial charge on any atom is -0.481 e. The molecule has 0 amide bonds. The van der Waals surface area contributed by atoms with Crippen LogP contribution in [0.1, 0.15) is 5.56 Å². The Kier molecular flexibility index (Phi) is 4.66. The minimum absolute atomic E-state index is 0.0531. The van der Waals surface area contributed by atoms with Gasteiger partial charge in [-0.1, -0.05) is 23.9 Å². The lowest BCUT2D eigenvalue weighted by atomic mass is 10.2. The summed E-state index contributed by atoms with van der Waals surface area (Å²) in [6.07, 6.45) is 3.32. The van der Waals surface area contributed by atoms with Gasteiger partial charge in [-0.05, 0) is 17.7 Å². The fraction of sp³-hybridized carbons (Fsp3) is 0.167. The monoisotopic (exact) mass is 327 g/mol. The first kappa shape index (κ1) is 15.5. The lowest BCUT2D eigenvalue weighted by Gasteiger charge is -2.07. The van der Waals surface area contributed by atoms with Crippen molar-refractivity contribution >= 4 is 27.8 Å². The van der Waals surface area contributed by atoms with E-state index < -0.39 is 16.0 Å². The van der Waals surface area contributed by atoms with Gasteiger partial charge in [-0.25, -0.2) is 18.5 Å². The second-order valence-corrected chi connectivity index (χ2v) is 6.71. The summed E-state index contributed by atoms with van der Waals surface area (Å²) in [5, 5.41) is 14.3. The van der Waals surface area contributed by atoms with Crippen LogP contribution in [0.3, 0.4) is 0 Å². The molecular weight excluding hydrogens is 314 g/mol. The number of thioether (sulfide) groups is 1. The van der Waals surface area contributed by atoms with Gasteiger partial charge in [0.2, 0.25) is 10.0 Å². The minimum atomic E-state index is -3.70. The largest absolute Gasteiger partial charge is 0.481 e. The van der Waals surface area contributed by atoms with Crippen molar-refractivity contribution in [3.05, 3.63) is 42.2 Å². The standard InChI is InChI=1S/C12H13N3O4S2/c13-21(18,19)10-3-1-9(2-4-10)7-15-6-5-14-12(15)20-8-11(16)17/h1-6H,7-8H2,(H,16,17)(H2,13,18,19). The fourth-order valence-corrected chi connectivity index (χ4v) is 2.86. The number of imidazole rings is 1. The van der Waals surface area contributed by atoms with E-state index in [0.717, 1.165) is 17.3 Å². The second-order valence-electron chi connectivity index (χ2n) is 4.21. The average molecular weight is 327 g/mol. The number of nitrogens with zero attached hydrogens (tertiary/aromatic N) is 2. The Hall–Kier alpha value is -1.84. The van der Waals surface area contributed by atoms with Crippen LogP contribution in [0, 0.1) is 0 Å². The number of aromatic nitrogens is 2. The Balaban J connectivity index is 2.12. The van der Waals surface area contributed by atoms with Crippen molar-refractivity contribution in [1.82, 2.24) is 9.55 Å². The SMILES string of the molecule is NS(=O)(=O)c1ccc(Cn2ccnc2SCC(=O)O)cc1. The molecule has 1 aromatic carbocycles. The molecule has 0 aliphatic heterocycles. The highest BCUT2D eigenvalue weighted by atomic mass is 32.2. The van der Waals surface area contributed by atoms with Crippen LogP contribution in [0.5, 0.6) is 0 Å². The molecule has 0 fully saturated rings. The zero-order chi connectivity index (χ0) is 15.5. The van der Waals surface area contributed by atoms with Crippen LogP contribution >= 0.6 is 11.8 Å². The molecule has 3 N–H and O–H groups in total. The first-order valence-corrected chi connectivity index (χ1v) is 8.37. The lowest BCUT2D eigenvalue weighted by molar-refractivity contribution is -0.133. The summed E-state index contributed by atoms with van der Waals surface area (Å²) in [6.45, 7) is 0.465. The van der Waals surface area contributed by atoms with Crippen LogP contribution < -0.4 is 5.14 Å². The van der Waals surface area contributed by atoms with Crippen molar-refractivity contribution in [2.45, 2.75) is 16.6 Å². The molecule has 0 aliphatic carbocycles. The third-order valence-corrected chi connectivity index (χ3v) is 4.53. The van der Waals surface area contributed by atoms with Gasteiger partial charge < -0.3 is 9.67 Å². The molecule has 0 aliphatic rings. The Bertz CT molecular complexity index is 738. The summed E-state index contributed by atoms with van der Waals surface area (Å²) in [5.41, 5.74) is 0.859. The number of carbonyl (C=O) groups is 1. The van der Waals surface area contributed by atoms with Crippen LogP contribution in [-0.4, -0.2) is 34.8 Å². The number of aliphatic carboxylic acids is 1. The summed E-state index contributed by atoms with van der Waals surface area (Å²) in [5.74, 6) is -0.978. The third-order valence-electron chi connectivity index (χ3n) is 2.61. The molecule has 2 rings (SSSR count). The van der Waals surface area contributed by atoms with Crippen LogP contribution in [0.2, 0.25) is 0 Å². The Morgan fingerprint density at radius 3 is 2.57 bits per heavy atom. The van der Waals surface area contributed by atoms with Crippen molar-refractivity contribution < 1.29 is 18.3 Å². The zero-order valence-electron chi connectivity index (χ0n) is 10.8. The number of sulfonamides is 1. The van der Waals surface area contributed by atoms with Crippen LogP contribution in [0.25, 0.3) is 0 Å². The van der Waals surface area contributed by atoms with Gasteiger partial charge in [0.25, 0.3) is 0 Å².